The van der Waals surface area contributed by atoms with Crippen LogP contribution in [0.5, 0.6) is 0 Å². The number of benzene rings is 2. The van der Waals surface area contributed by atoms with Crippen LogP contribution in [0.1, 0.15) is 5.56 Å². The van der Waals surface area contributed by atoms with Gasteiger partial charge in [0.2, 0.25) is 0 Å². The van der Waals surface area contributed by atoms with Gasteiger partial charge >= 0.3 is 11.7 Å². The maximum absolute atomic E-state index is 14.2. The molecule has 9 heteroatoms. The summed E-state index contributed by atoms with van der Waals surface area (Å²) in [6.45, 7) is -0.0746. The zero-order chi connectivity index (χ0) is 19.4. The van der Waals surface area contributed by atoms with E-state index >= 15 is 0 Å². The van der Waals surface area contributed by atoms with Gasteiger partial charge in [-0.2, -0.15) is 4.98 Å². The van der Waals surface area contributed by atoms with Crippen LogP contribution in [0, 0.1) is 11.6 Å². The fourth-order valence-corrected chi connectivity index (χ4v) is 2.46. The maximum atomic E-state index is 14.2. The van der Waals surface area contributed by atoms with Crippen molar-refractivity contribution in [2.45, 2.75) is 6.54 Å². The van der Waals surface area contributed by atoms with E-state index < -0.39 is 23.4 Å². The van der Waals surface area contributed by atoms with Crippen molar-refractivity contribution < 1.29 is 13.6 Å². The van der Waals surface area contributed by atoms with Crippen molar-refractivity contribution in [3.8, 4) is 0 Å². The fraction of sp³-hybridized carbons (Fsp3) is 0.0556. The third-order valence-corrected chi connectivity index (χ3v) is 3.82. The molecule has 0 spiro atoms. The number of nitrogens with zero attached hydrogens (tertiary/aromatic N) is 2. The Morgan fingerprint density at radius 2 is 1.89 bits per heavy atom. The van der Waals surface area contributed by atoms with E-state index in [9.17, 15) is 18.4 Å². The molecule has 0 bridgehead atoms. The second-order valence-corrected chi connectivity index (χ2v) is 5.91. The molecule has 3 aromatic rings. The van der Waals surface area contributed by atoms with E-state index in [4.69, 9.17) is 11.6 Å². The fourth-order valence-electron chi connectivity index (χ4n) is 2.27. The summed E-state index contributed by atoms with van der Waals surface area (Å²) in [4.78, 5) is 27.7. The first-order valence-electron chi connectivity index (χ1n) is 7.77. The number of halogens is 3. The van der Waals surface area contributed by atoms with E-state index in [1.54, 1.807) is 24.3 Å². The highest BCUT2D eigenvalue weighted by molar-refractivity contribution is 6.30. The molecule has 0 atom stereocenters. The third kappa shape index (κ3) is 4.48. The molecule has 1 aromatic heterocycles. The predicted molar refractivity (Wildman–Crippen MR) is 98.1 cm³/mol. The summed E-state index contributed by atoms with van der Waals surface area (Å²) < 4.78 is 28.3. The lowest BCUT2D eigenvalue weighted by molar-refractivity contribution is 0.252. The molecular weight excluding hydrogens is 378 g/mol. The van der Waals surface area contributed by atoms with Crippen LogP contribution < -0.4 is 16.3 Å². The van der Waals surface area contributed by atoms with Crippen LogP contribution >= 0.6 is 11.6 Å². The molecule has 6 nitrogen and oxygen atoms in total. The van der Waals surface area contributed by atoms with Crippen molar-refractivity contribution in [3.63, 3.8) is 0 Å². The quantitative estimate of drug-likeness (QED) is 0.709. The Balaban J connectivity index is 1.77. The summed E-state index contributed by atoms with van der Waals surface area (Å²) in [6.07, 6.45) is 0.707. The summed E-state index contributed by atoms with van der Waals surface area (Å²) >= 11 is 5.82. The van der Waals surface area contributed by atoms with Gasteiger partial charge in [0, 0.05) is 22.8 Å². The summed E-state index contributed by atoms with van der Waals surface area (Å²) in [5, 5.41) is 5.35. The summed E-state index contributed by atoms with van der Waals surface area (Å²) in [5.41, 5.74) is -0.380. The van der Waals surface area contributed by atoms with Crippen LogP contribution in [0.4, 0.5) is 25.1 Å². The van der Waals surface area contributed by atoms with Gasteiger partial charge in [-0.25, -0.2) is 22.9 Å². The number of aromatic nitrogens is 2. The van der Waals surface area contributed by atoms with Crippen molar-refractivity contribution in [1.29, 1.82) is 0 Å². The van der Waals surface area contributed by atoms with Crippen LogP contribution in [-0.2, 0) is 6.54 Å². The van der Waals surface area contributed by atoms with E-state index in [0.717, 1.165) is 0 Å². The number of anilines is 2. The number of carbonyl (C=O) groups excluding carboxylic acids is 1. The second kappa shape index (κ2) is 7.96. The van der Waals surface area contributed by atoms with Crippen LogP contribution in [-0.4, -0.2) is 15.6 Å². The first-order valence-corrected chi connectivity index (χ1v) is 8.15. The molecule has 1 heterocycles. The Bertz CT molecular complexity index is 1060. The zero-order valence-corrected chi connectivity index (χ0v) is 14.5. The smallest absolute Gasteiger partial charge is 0.357 e. The maximum Gasteiger partial charge on any atom is 0.357 e. The zero-order valence-electron chi connectivity index (χ0n) is 13.7. The highest BCUT2D eigenvalue weighted by atomic mass is 35.5. The molecule has 2 aromatic carbocycles. The van der Waals surface area contributed by atoms with Crippen LogP contribution in [0.3, 0.4) is 0 Å². The molecule has 1 amide bonds. The number of hydrogen-bond donors (Lipinski definition) is 2. The van der Waals surface area contributed by atoms with Crippen molar-refractivity contribution in [1.82, 2.24) is 9.55 Å². The van der Waals surface area contributed by atoms with Gasteiger partial charge in [0.05, 0.1) is 6.20 Å². The van der Waals surface area contributed by atoms with Crippen LogP contribution in [0.25, 0.3) is 0 Å². The molecule has 3 rings (SSSR count). The molecule has 0 saturated carbocycles. The minimum absolute atomic E-state index is 0.0746. The van der Waals surface area contributed by atoms with Crippen molar-refractivity contribution in [2.75, 3.05) is 10.6 Å². The minimum Gasteiger partial charge on any atom is -0.363 e. The van der Waals surface area contributed by atoms with Gasteiger partial charge in [0.25, 0.3) is 0 Å². The van der Waals surface area contributed by atoms with Crippen LogP contribution in [0.15, 0.2) is 59.5 Å². The van der Waals surface area contributed by atoms with Crippen LogP contribution in [0.2, 0.25) is 5.02 Å². The number of carbonyl (C=O) groups is 1. The van der Waals surface area contributed by atoms with Gasteiger partial charge in [-0.05, 0) is 24.3 Å². The summed E-state index contributed by atoms with van der Waals surface area (Å²) in [7, 11) is 0. The Morgan fingerprint density at radius 3 is 2.63 bits per heavy atom. The van der Waals surface area contributed by atoms with Gasteiger partial charge in [0.15, 0.2) is 11.6 Å². The van der Waals surface area contributed by atoms with E-state index in [2.05, 4.69) is 15.6 Å². The standard InChI is InChI=1S/C18H13ClF2N4O2/c19-12-5-3-6-13(8-12)23-17(26)25-10-15(21)16(24-18(25)27)22-9-11-4-1-2-7-14(11)20/h1-8,10H,9H2,(H,23,26)(H,22,24,27). The molecule has 0 aliphatic rings. The van der Waals surface area contributed by atoms with Crippen molar-refractivity contribution in [2.24, 2.45) is 0 Å². The van der Waals surface area contributed by atoms with Gasteiger partial charge in [0.1, 0.15) is 5.82 Å². The number of hydrogen-bond acceptors (Lipinski definition) is 4. The monoisotopic (exact) mass is 390 g/mol. The lowest BCUT2D eigenvalue weighted by atomic mass is 10.2. The molecule has 0 aliphatic carbocycles. The largest absolute Gasteiger partial charge is 0.363 e. The molecule has 0 unspecified atom stereocenters. The topological polar surface area (TPSA) is 76.0 Å². The summed E-state index contributed by atoms with van der Waals surface area (Å²) in [5.74, 6) is -1.79. The third-order valence-electron chi connectivity index (χ3n) is 3.58. The van der Waals surface area contributed by atoms with Gasteiger partial charge in [-0.1, -0.05) is 35.9 Å². The summed E-state index contributed by atoms with van der Waals surface area (Å²) in [6, 6.07) is 11.3. The number of nitrogens with one attached hydrogen (secondary N) is 2. The van der Waals surface area contributed by atoms with Crippen molar-refractivity contribution >= 4 is 29.1 Å². The molecule has 0 radical (unpaired) electrons. The Kier molecular flexibility index (Phi) is 5.46. The number of amides is 1. The molecule has 0 fully saturated rings. The first kappa shape index (κ1) is 18.5. The van der Waals surface area contributed by atoms with Gasteiger partial charge in [-0.3, -0.25) is 0 Å². The van der Waals surface area contributed by atoms with E-state index in [1.165, 1.54) is 24.3 Å². The van der Waals surface area contributed by atoms with Gasteiger partial charge in [-0.15, -0.1) is 0 Å². The normalized spacial score (nSPS) is 10.5. The molecule has 2 N–H and O–H groups in total. The van der Waals surface area contributed by atoms with Gasteiger partial charge < -0.3 is 10.6 Å². The highest BCUT2D eigenvalue weighted by Crippen LogP contribution is 2.15. The second-order valence-electron chi connectivity index (χ2n) is 5.48. The molecule has 0 saturated heterocycles. The predicted octanol–water partition coefficient (Wildman–Crippen LogP) is 3.87. The molecule has 138 valence electrons. The van der Waals surface area contributed by atoms with Crippen molar-refractivity contribution in [3.05, 3.63) is 87.4 Å². The first-order chi connectivity index (χ1) is 12.9. The Morgan fingerprint density at radius 1 is 1.11 bits per heavy atom. The molecule has 0 aliphatic heterocycles. The Labute approximate surface area is 157 Å². The lowest BCUT2D eigenvalue weighted by Crippen LogP contribution is -2.33. The molecular formula is C18H13ClF2N4O2. The SMILES string of the molecule is O=C(Nc1cccc(Cl)c1)n1cc(F)c(NCc2ccccc2F)nc1=O. The average molecular weight is 391 g/mol. The molecule has 27 heavy (non-hydrogen) atoms. The lowest BCUT2D eigenvalue weighted by Gasteiger charge is -2.10. The van der Waals surface area contributed by atoms with E-state index in [-0.39, 0.29) is 17.9 Å². The number of rotatable bonds is 4. The van der Waals surface area contributed by atoms with E-state index in [0.29, 0.717) is 21.5 Å². The minimum atomic E-state index is -0.994. The van der Waals surface area contributed by atoms with E-state index in [1.807, 2.05) is 0 Å². The Hall–Kier alpha value is -3.26. The highest BCUT2D eigenvalue weighted by Gasteiger charge is 2.14. The average Bonchev–Trinajstić information content (AvgIpc) is 2.63.